The molecule has 0 unspecified atom stereocenters. The second-order valence-electron chi connectivity index (χ2n) is 3.05. The molecule has 0 aliphatic heterocycles. The van der Waals surface area contributed by atoms with Crippen LogP contribution in [0.4, 0.5) is 10.7 Å². The van der Waals surface area contributed by atoms with E-state index in [1.54, 1.807) is 23.7 Å². The Balaban J connectivity index is 2.34. The number of hydrogen-bond acceptors (Lipinski definition) is 4. The molecule has 0 fully saturated rings. The van der Waals surface area contributed by atoms with Crippen molar-refractivity contribution in [1.82, 2.24) is 4.98 Å². The highest BCUT2D eigenvalue weighted by atomic mass is 32.1. The van der Waals surface area contributed by atoms with Crippen LogP contribution in [0.25, 0.3) is 0 Å². The zero-order valence-electron chi connectivity index (χ0n) is 8.21. The first-order valence-corrected chi connectivity index (χ1v) is 5.31. The minimum absolute atomic E-state index is 0.580. The maximum Gasteiger partial charge on any atom is 0.101 e. The number of aromatic nitrogens is 1. The second kappa shape index (κ2) is 4.11. The average molecular weight is 215 g/mol. The lowest BCUT2D eigenvalue weighted by atomic mass is 10.3. The Hall–Kier alpha value is -1.86. The van der Waals surface area contributed by atoms with Crippen LogP contribution >= 0.6 is 11.3 Å². The lowest BCUT2D eigenvalue weighted by molar-refractivity contribution is 1.19. The number of thiophene rings is 1. The molecule has 0 saturated heterocycles. The van der Waals surface area contributed by atoms with E-state index < -0.39 is 0 Å². The van der Waals surface area contributed by atoms with E-state index in [1.807, 2.05) is 35.5 Å². The van der Waals surface area contributed by atoms with Gasteiger partial charge in [0.1, 0.15) is 6.07 Å². The van der Waals surface area contributed by atoms with E-state index in [0.29, 0.717) is 5.56 Å². The molecule has 0 saturated carbocycles. The summed E-state index contributed by atoms with van der Waals surface area (Å²) in [6.45, 7) is 0. The molecule has 0 aromatic carbocycles. The van der Waals surface area contributed by atoms with Gasteiger partial charge in [0.15, 0.2) is 0 Å². The Bertz CT molecular complexity index is 485. The fraction of sp³-hybridized carbons (Fsp3) is 0.0909. The predicted molar refractivity (Wildman–Crippen MR) is 61.3 cm³/mol. The highest BCUT2D eigenvalue weighted by molar-refractivity contribution is 7.14. The van der Waals surface area contributed by atoms with Crippen LogP contribution in [-0.2, 0) is 0 Å². The van der Waals surface area contributed by atoms with Crippen LogP contribution in [0, 0.1) is 11.3 Å². The predicted octanol–water partition coefficient (Wildman–Crippen LogP) is 2.78. The summed E-state index contributed by atoms with van der Waals surface area (Å²) in [5.74, 6) is 0. The number of pyridine rings is 1. The summed E-state index contributed by atoms with van der Waals surface area (Å²) >= 11 is 1.65. The molecule has 15 heavy (non-hydrogen) atoms. The number of nitriles is 1. The number of anilines is 2. The molecule has 2 aromatic rings. The highest BCUT2D eigenvalue weighted by Gasteiger charge is 2.05. The van der Waals surface area contributed by atoms with E-state index >= 15 is 0 Å². The Labute approximate surface area is 92.2 Å². The summed E-state index contributed by atoms with van der Waals surface area (Å²) in [4.78, 5) is 6.04. The van der Waals surface area contributed by atoms with Crippen LogP contribution in [-0.4, -0.2) is 12.0 Å². The summed E-state index contributed by atoms with van der Waals surface area (Å²) in [5, 5.41) is 11.9. The fourth-order valence-electron chi connectivity index (χ4n) is 1.26. The first-order chi connectivity index (χ1) is 7.31. The van der Waals surface area contributed by atoms with Gasteiger partial charge in [0.25, 0.3) is 0 Å². The van der Waals surface area contributed by atoms with Crippen molar-refractivity contribution < 1.29 is 0 Å². The molecule has 0 bridgehead atoms. The van der Waals surface area contributed by atoms with Crippen LogP contribution in [0.5, 0.6) is 0 Å². The van der Waals surface area contributed by atoms with Gasteiger partial charge in [-0.2, -0.15) is 5.26 Å². The topological polar surface area (TPSA) is 39.9 Å². The van der Waals surface area contributed by atoms with Gasteiger partial charge in [-0.1, -0.05) is 0 Å². The third-order valence-electron chi connectivity index (χ3n) is 2.08. The third-order valence-corrected chi connectivity index (χ3v) is 3.02. The van der Waals surface area contributed by atoms with Crippen LogP contribution in [0.15, 0.2) is 36.0 Å². The van der Waals surface area contributed by atoms with E-state index in [0.717, 1.165) is 10.7 Å². The van der Waals surface area contributed by atoms with E-state index in [9.17, 15) is 0 Å². The molecule has 2 aromatic heterocycles. The van der Waals surface area contributed by atoms with Crippen LogP contribution in [0.1, 0.15) is 5.56 Å². The number of rotatable bonds is 2. The first-order valence-electron chi connectivity index (χ1n) is 4.43. The van der Waals surface area contributed by atoms with Crippen molar-refractivity contribution in [3.63, 3.8) is 0 Å². The molecule has 74 valence electrons. The van der Waals surface area contributed by atoms with Gasteiger partial charge in [-0.25, -0.2) is 0 Å². The Morgan fingerprint density at radius 2 is 2.33 bits per heavy atom. The standard InChI is InChI=1S/C11H9N3S/c1-14(11-3-2-4-15-11)10-5-9(6-12)7-13-8-10/h2-5,7-8H,1H3. The molecule has 2 heterocycles. The maximum absolute atomic E-state index is 8.77. The van der Waals surface area contributed by atoms with Crippen LogP contribution in [0.3, 0.4) is 0 Å². The van der Waals surface area contributed by atoms with E-state index in [4.69, 9.17) is 5.26 Å². The Kier molecular flexibility index (Phi) is 2.66. The third kappa shape index (κ3) is 1.97. The summed E-state index contributed by atoms with van der Waals surface area (Å²) in [5.41, 5.74) is 1.51. The summed E-state index contributed by atoms with van der Waals surface area (Å²) in [7, 11) is 1.96. The van der Waals surface area contributed by atoms with Crippen LogP contribution in [0.2, 0.25) is 0 Å². The molecular weight excluding hydrogens is 206 g/mol. The Morgan fingerprint density at radius 1 is 1.47 bits per heavy atom. The maximum atomic E-state index is 8.77. The van der Waals surface area contributed by atoms with Gasteiger partial charge in [0, 0.05) is 13.2 Å². The van der Waals surface area contributed by atoms with Gasteiger partial charge in [-0.15, -0.1) is 11.3 Å². The Morgan fingerprint density at radius 3 is 3.00 bits per heavy atom. The van der Waals surface area contributed by atoms with Crippen molar-refractivity contribution in [2.75, 3.05) is 11.9 Å². The van der Waals surface area contributed by atoms with Crippen molar-refractivity contribution in [3.05, 3.63) is 41.5 Å². The molecule has 0 atom stereocenters. The molecule has 0 radical (unpaired) electrons. The minimum Gasteiger partial charge on any atom is -0.335 e. The summed E-state index contributed by atoms with van der Waals surface area (Å²) in [6.07, 6.45) is 3.31. The van der Waals surface area contributed by atoms with Crippen molar-refractivity contribution >= 4 is 22.0 Å². The first kappa shape index (κ1) is 9.69. The van der Waals surface area contributed by atoms with Crippen LogP contribution < -0.4 is 4.90 Å². The second-order valence-corrected chi connectivity index (χ2v) is 3.98. The van der Waals surface area contributed by atoms with E-state index in [-0.39, 0.29) is 0 Å². The quantitative estimate of drug-likeness (QED) is 0.773. The molecule has 0 aliphatic carbocycles. The minimum atomic E-state index is 0.580. The van der Waals surface area contributed by atoms with Gasteiger partial charge in [-0.05, 0) is 23.6 Å². The summed E-state index contributed by atoms with van der Waals surface area (Å²) in [6, 6.07) is 7.94. The molecule has 3 nitrogen and oxygen atoms in total. The van der Waals surface area contributed by atoms with E-state index in [1.165, 1.54) is 0 Å². The van der Waals surface area contributed by atoms with E-state index in [2.05, 4.69) is 11.1 Å². The van der Waals surface area contributed by atoms with Crippen molar-refractivity contribution in [3.8, 4) is 6.07 Å². The average Bonchev–Trinajstić information content (AvgIpc) is 2.81. The highest BCUT2D eigenvalue weighted by Crippen LogP contribution is 2.27. The van der Waals surface area contributed by atoms with Crippen molar-refractivity contribution in [1.29, 1.82) is 5.26 Å². The van der Waals surface area contributed by atoms with Gasteiger partial charge in [-0.3, -0.25) is 4.98 Å². The van der Waals surface area contributed by atoms with Gasteiger partial charge < -0.3 is 4.90 Å². The molecule has 0 spiro atoms. The van der Waals surface area contributed by atoms with Crippen molar-refractivity contribution in [2.24, 2.45) is 0 Å². The zero-order valence-corrected chi connectivity index (χ0v) is 9.03. The van der Waals surface area contributed by atoms with Gasteiger partial charge in [0.2, 0.25) is 0 Å². The molecule has 0 N–H and O–H groups in total. The van der Waals surface area contributed by atoms with Gasteiger partial charge >= 0.3 is 0 Å². The number of hydrogen-bond donors (Lipinski definition) is 0. The zero-order chi connectivity index (χ0) is 10.7. The summed E-state index contributed by atoms with van der Waals surface area (Å²) < 4.78 is 0. The van der Waals surface area contributed by atoms with Gasteiger partial charge in [0.05, 0.1) is 22.4 Å². The number of nitrogens with zero attached hydrogens (tertiary/aromatic N) is 3. The fourth-order valence-corrected chi connectivity index (χ4v) is 1.98. The molecule has 4 heteroatoms. The lowest BCUT2D eigenvalue weighted by Gasteiger charge is -2.16. The molecule has 2 rings (SSSR count). The lowest BCUT2D eigenvalue weighted by Crippen LogP contribution is -2.07. The largest absolute Gasteiger partial charge is 0.335 e. The molecule has 0 aliphatic rings. The van der Waals surface area contributed by atoms with Crippen molar-refractivity contribution in [2.45, 2.75) is 0 Å². The molecular formula is C11H9N3S. The monoisotopic (exact) mass is 215 g/mol. The SMILES string of the molecule is CN(c1cncc(C#N)c1)c1cccs1. The molecule has 0 amide bonds. The normalized spacial score (nSPS) is 9.60. The smallest absolute Gasteiger partial charge is 0.101 e.